The normalized spacial score (nSPS) is 16.4. The summed E-state index contributed by atoms with van der Waals surface area (Å²) >= 11 is 0. The lowest BCUT2D eigenvalue weighted by molar-refractivity contribution is 0.00578. The van der Waals surface area contributed by atoms with Gasteiger partial charge in [-0.25, -0.2) is 0 Å². The van der Waals surface area contributed by atoms with Gasteiger partial charge >= 0.3 is 7.12 Å². The SMILES string of the molecule is CC1(C)OB(c2ccc3c4c2c2ccccc2c2cccc(c24)n3-c2ccc3c4ccccc4c4ccccc4c3c2)OC1(C)C. The maximum absolute atomic E-state index is 6.68. The lowest BCUT2D eigenvalue weighted by atomic mass is 9.74. The highest BCUT2D eigenvalue weighted by molar-refractivity contribution is 6.67. The van der Waals surface area contributed by atoms with Crippen LogP contribution in [0, 0.1) is 0 Å². The van der Waals surface area contributed by atoms with Crippen LogP contribution in [0.4, 0.5) is 0 Å². The molecule has 2 heterocycles. The molecule has 220 valence electrons. The second-order valence-electron chi connectivity index (χ2n) is 13.9. The molecule has 0 spiro atoms. The molecular weight excluding hydrogens is 561 g/mol. The molecule has 1 saturated heterocycles. The first-order valence-corrected chi connectivity index (χ1v) is 16.2. The molecule has 0 unspecified atom stereocenters. The molecule has 1 aliphatic heterocycles. The molecule has 0 N–H and O–H groups in total. The van der Waals surface area contributed by atoms with Gasteiger partial charge in [0.15, 0.2) is 0 Å². The number of hydrogen-bond donors (Lipinski definition) is 0. The Bertz CT molecular complexity index is 2670. The summed E-state index contributed by atoms with van der Waals surface area (Å²) in [6.45, 7) is 8.51. The zero-order chi connectivity index (χ0) is 30.9. The van der Waals surface area contributed by atoms with Crippen LogP contribution in [0.2, 0.25) is 0 Å². The molecule has 10 rings (SSSR count). The molecular formula is C42H32BNO2. The van der Waals surface area contributed by atoms with Gasteiger partial charge in [-0.3, -0.25) is 0 Å². The topological polar surface area (TPSA) is 23.4 Å². The highest BCUT2D eigenvalue weighted by atomic mass is 16.7. The van der Waals surface area contributed by atoms with Crippen molar-refractivity contribution in [2.24, 2.45) is 0 Å². The van der Waals surface area contributed by atoms with Crippen LogP contribution in [-0.2, 0) is 9.31 Å². The zero-order valence-corrected chi connectivity index (χ0v) is 26.4. The van der Waals surface area contributed by atoms with Crippen LogP contribution in [0.3, 0.4) is 0 Å². The van der Waals surface area contributed by atoms with Crippen molar-refractivity contribution >= 4 is 88.2 Å². The first-order valence-electron chi connectivity index (χ1n) is 16.2. The number of fused-ring (bicyclic) bond motifs is 9. The fourth-order valence-corrected chi connectivity index (χ4v) is 8.10. The zero-order valence-electron chi connectivity index (χ0n) is 26.4. The molecule has 0 saturated carbocycles. The van der Waals surface area contributed by atoms with Crippen molar-refractivity contribution in [3.05, 3.63) is 121 Å². The average molecular weight is 594 g/mol. The fourth-order valence-electron chi connectivity index (χ4n) is 8.10. The van der Waals surface area contributed by atoms with Crippen molar-refractivity contribution in [1.82, 2.24) is 4.57 Å². The van der Waals surface area contributed by atoms with Gasteiger partial charge < -0.3 is 13.9 Å². The number of rotatable bonds is 2. The molecule has 0 radical (unpaired) electrons. The number of nitrogens with zero attached hydrogens (tertiary/aromatic N) is 1. The summed E-state index contributed by atoms with van der Waals surface area (Å²) < 4.78 is 15.8. The number of benzene rings is 8. The monoisotopic (exact) mass is 593 g/mol. The highest BCUT2D eigenvalue weighted by Gasteiger charge is 2.52. The standard InChI is InChI=1S/C42H32BNO2/c1-41(2)42(3,4)46-43(45-41)35-22-23-37-40-38(35)32-17-10-9-16-30(32)33-18-11-19-36(39(33)40)44(37)25-20-21-31-28-14-6-5-12-26(28)27-13-7-8-15-29(27)34(31)24-25/h5-24H,1-4H3. The summed E-state index contributed by atoms with van der Waals surface area (Å²) in [7, 11) is -0.457. The smallest absolute Gasteiger partial charge is 0.399 e. The Kier molecular flexibility index (Phi) is 5.08. The molecule has 1 aromatic heterocycles. The molecule has 0 atom stereocenters. The number of aromatic nitrogens is 1. The first kappa shape index (κ1) is 26.3. The summed E-state index contributed by atoms with van der Waals surface area (Å²) in [6.07, 6.45) is 0. The van der Waals surface area contributed by atoms with Crippen LogP contribution >= 0.6 is 0 Å². The van der Waals surface area contributed by atoms with E-state index in [9.17, 15) is 0 Å². The molecule has 0 aliphatic carbocycles. The van der Waals surface area contributed by atoms with E-state index in [0.717, 1.165) is 11.2 Å². The molecule has 46 heavy (non-hydrogen) atoms. The Morgan fingerprint density at radius 2 is 0.913 bits per heavy atom. The summed E-state index contributed by atoms with van der Waals surface area (Å²) in [6, 6.07) is 44.6. The molecule has 1 fully saturated rings. The van der Waals surface area contributed by atoms with Crippen LogP contribution in [0.25, 0.3) is 81.4 Å². The van der Waals surface area contributed by atoms with Gasteiger partial charge in [-0.05, 0) is 111 Å². The van der Waals surface area contributed by atoms with Gasteiger partial charge in [-0.15, -0.1) is 0 Å². The summed E-state index contributed by atoms with van der Waals surface area (Å²) in [5.41, 5.74) is 3.79. The van der Waals surface area contributed by atoms with Crippen LogP contribution < -0.4 is 5.46 Å². The first-order chi connectivity index (χ1) is 22.3. The molecule has 8 aromatic carbocycles. The lowest BCUT2D eigenvalue weighted by Gasteiger charge is -2.32. The minimum absolute atomic E-state index is 0.426. The van der Waals surface area contributed by atoms with Crippen molar-refractivity contribution in [2.75, 3.05) is 0 Å². The summed E-state index contributed by atoms with van der Waals surface area (Å²) in [5, 5.41) is 15.2. The number of hydrogen-bond acceptors (Lipinski definition) is 2. The molecule has 1 aliphatic rings. The van der Waals surface area contributed by atoms with Gasteiger partial charge in [-0.1, -0.05) is 97.1 Å². The van der Waals surface area contributed by atoms with Crippen LogP contribution in [-0.4, -0.2) is 22.9 Å². The van der Waals surface area contributed by atoms with Gasteiger partial charge in [0, 0.05) is 16.5 Å². The van der Waals surface area contributed by atoms with Gasteiger partial charge in [0.1, 0.15) is 0 Å². The predicted molar refractivity (Wildman–Crippen MR) is 195 cm³/mol. The van der Waals surface area contributed by atoms with Gasteiger partial charge in [0.2, 0.25) is 0 Å². The fraction of sp³-hybridized carbons (Fsp3) is 0.143. The lowest BCUT2D eigenvalue weighted by Crippen LogP contribution is -2.41. The second kappa shape index (κ2) is 8.88. The Labute approximate surface area is 267 Å². The minimum atomic E-state index is -0.457. The van der Waals surface area contributed by atoms with Gasteiger partial charge in [0.25, 0.3) is 0 Å². The van der Waals surface area contributed by atoms with Crippen LogP contribution in [0.15, 0.2) is 121 Å². The van der Waals surface area contributed by atoms with E-state index in [2.05, 4.69) is 154 Å². The largest absolute Gasteiger partial charge is 0.495 e. The average Bonchev–Trinajstić information content (AvgIpc) is 3.53. The van der Waals surface area contributed by atoms with Crippen molar-refractivity contribution in [1.29, 1.82) is 0 Å². The van der Waals surface area contributed by atoms with E-state index in [1.807, 2.05) is 0 Å². The van der Waals surface area contributed by atoms with Crippen molar-refractivity contribution in [3.8, 4) is 5.69 Å². The van der Waals surface area contributed by atoms with E-state index in [4.69, 9.17) is 9.31 Å². The molecule has 0 amide bonds. The minimum Gasteiger partial charge on any atom is -0.399 e. The maximum atomic E-state index is 6.68. The van der Waals surface area contributed by atoms with E-state index < -0.39 is 18.3 Å². The summed E-state index contributed by atoms with van der Waals surface area (Å²) in [4.78, 5) is 0. The van der Waals surface area contributed by atoms with Gasteiger partial charge in [-0.2, -0.15) is 0 Å². The van der Waals surface area contributed by atoms with Crippen molar-refractivity contribution < 1.29 is 9.31 Å². The van der Waals surface area contributed by atoms with E-state index in [-0.39, 0.29) is 0 Å². The van der Waals surface area contributed by atoms with E-state index >= 15 is 0 Å². The third-order valence-corrected chi connectivity index (χ3v) is 11.0. The Balaban J connectivity index is 1.33. The Hall–Kier alpha value is -4.90. The maximum Gasteiger partial charge on any atom is 0.495 e. The third-order valence-electron chi connectivity index (χ3n) is 11.0. The Morgan fingerprint density at radius 1 is 0.435 bits per heavy atom. The van der Waals surface area contributed by atoms with Crippen LogP contribution in [0.1, 0.15) is 27.7 Å². The highest BCUT2D eigenvalue weighted by Crippen LogP contribution is 2.45. The van der Waals surface area contributed by atoms with E-state index in [0.29, 0.717) is 0 Å². The molecule has 3 nitrogen and oxygen atoms in total. The molecule has 9 aromatic rings. The van der Waals surface area contributed by atoms with Crippen LogP contribution in [0.5, 0.6) is 0 Å². The van der Waals surface area contributed by atoms with E-state index in [1.165, 1.54) is 75.7 Å². The van der Waals surface area contributed by atoms with E-state index in [1.54, 1.807) is 0 Å². The van der Waals surface area contributed by atoms with Gasteiger partial charge in [0.05, 0.1) is 22.2 Å². The Morgan fingerprint density at radius 3 is 1.54 bits per heavy atom. The second-order valence-corrected chi connectivity index (χ2v) is 13.9. The van der Waals surface area contributed by atoms with Crippen molar-refractivity contribution in [2.45, 2.75) is 38.9 Å². The van der Waals surface area contributed by atoms with Crippen molar-refractivity contribution in [3.63, 3.8) is 0 Å². The molecule has 4 heteroatoms. The predicted octanol–water partition coefficient (Wildman–Crippen LogP) is 10.3. The quantitative estimate of drug-likeness (QED) is 0.147. The summed E-state index contributed by atoms with van der Waals surface area (Å²) in [5.74, 6) is 0. The third kappa shape index (κ3) is 3.30. The molecule has 0 bridgehead atoms.